The molecule has 0 amide bonds. The van der Waals surface area contributed by atoms with Gasteiger partial charge < -0.3 is 4.90 Å². The van der Waals surface area contributed by atoms with Crippen LogP contribution in [0.2, 0.25) is 0 Å². The van der Waals surface area contributed by atoms with Gasteiger partial charge in [0, 0.05) is 19.2 Å². The third-order valence-corrected chi connectivity index (χ3v) is 2.17. The first kappa shape index (κ1) is 11.7. The van der Waals surface area contributed by atoms with E-state index in [2.05, 4.69) is 13.8 Å². The second-order valence-corrected chi connectivity index (χ2v) is 4.07. The lowest BCUT2D eigenvalue weighted by Gasteiger charge is -2.23. The van der Waals surface area contributed by atoms with Crippen LogP contribution >= 0.6 is 0 Å². The quantitative estimate of drug-likeness (QED) is 0.711. The number of carbonyl (C=O) groups is 1. The van der Waals surface area contributed by atoms with E-state index in [0.29, 0.717) is 23.5 Å². The fraction of sp³-hybridized carbons (Fsp3) is 0.417. The lowest BCUT2D eigenvalue weighted by Crippen LogP contribution is -2.24. The highest BCUT2D eigenvalue weighted by molar-refractivity contribution is 5.84. The summed E-state index contributed by atoms with van der Waals surface area (Å²) in [6.45, 7) is 4.83. The molecule has 1 aromatic rings. The van der Waals surface area contributed by atoms with Gasteiger partial charge in [0.1, 0.15) is 5.82 Å². The summed E-state index contributed by atoms with van der Waals surface area (Å²) in [5.41, 5.74) is 0.791. The number of para-hydroxylation sites is 1. The molecule has 3 heteroatoms. The third-order valence-electron chi connectivity index (χ3n) is 2.17. The van der Waals surface area contributed by atoms with Gasteiger partial charge in [-0.25, -0.2) is 4.39 Å². The first-order chi connectivity index (χ1) is 7.06. The van der Waals surface area contributed by atoms with Crippen LogP contribution in [0.4, 0.5) is 10.1 Å². The van der Waals surface area contributed by atoms with Crippen LogP contribution < -0.4 is 4.90 Å². The predicted octanol–water partition coefficient (Wildman–Crippen LogP) is 2.73. The summed E-state index contributed by atoms with van der Waals surface area (Å²) in [6, 6.07) is 4.55. The molecule has 0 bridgehead atoms. The van der Waals surface area contributed by atoms with E-state index in [0.717, 1.165) is 6.54 Å². The van der Waals surface area contributed by atoms with Crippen molar-refractivity contribution in [3.63, 3.8) is 0 Å². The Labute approximate surface area is 89.7 Å². The Hall–Kier alpha value is -1.38. The lowest BCUT2D eigenvalue weighted by atomic mass is 10.1. The minimum absolute atomic E-state index is 0.345. The highest BCUT2D eigenvalue weighted by Crippen LogP contribution is 2.22. The third kappa shape index (κ3) is 2.78. The second kappa shape index (κ2) is 4.91. The van der Waals surface area contributed by atoms with Crippen LogP contribution in [0.25, 0.3) is 0 Å². The van der Waals surface area contributed by atoms with Gasteiger partial charge in [0.15, 0.2) is 6.29 Å². The van der Waals surface area contributed by atoms with Gasteiger partial charge in [-0.3, -0.25) is 4.79 Å². The van der Waals surface area contributed by atoms with Gasteiger partial charge in [-0.15, -0.1) is 0 Å². The van der Waals surface area contributed by atoms with Crippen LogP contribution in [0.5, 0.6) is 0 Å². The van der Waals surface area contributed by atoms with E-state index in [9.17, 15) is 9.18 Å². The molecule has 0 saturated heterocycles. The monoisotopic (exact) mass is 209 g/mol. The fourth-order valence-corrected chi connectivity index (χ4v) is 1.67. The molecule has 0 unspecified atom stereocenters. The van der Waals surface area contributed by atoms with E-state index in [1.165, 1.54) is 6.07 Å². The molecular formula is C12H16FNO. The summed E-state index contributed by atoms with van der Waals surface area (Å²) in [6.07, 6.45) is 0.690. The summed E-state index contributed by atoms with van der Waals surface area (Å²) < 4.78 is 13.5. The van der Waals surface area contributed by atoms with Crippen molar-refractivity contribution in [3.05, 3.63) is 29.6 Å². The van der Waals surface area contributed by atoms with E-state index in [1.807, 2.05) is 0 Å². The topological polar surface area (TPSA) is 20.3 Å². The molecule has 1 rings (SSSR count). The average Bonchev–Trinajstić information content (AvgIpc) is 2.15. The zero-order valence-electron chi connectivity index (χ0n) is 9.33. The maximum absolute atomic E-state index is 13.5. The van der Waals surface area contributed by atoms with Crippen molar-refractivity contribution in [3.8, 4) is 0 Å². The van der Waals surface area contributed by atoms with Crippen molar-refractivity contribution in [2.45, 2.75) is 13.8 Å². The maximum Gasteiger partial charge on any atom is 0.152 e. The molecule has 0 N–H and O–H groups in total. The standard InChI is InChI=1S/C12H16FNO/c1-9(2)7-14(3)12-10(8-15)5-4-6-11(12)13/h4-6,8-9H,7H2,1-3H3. The Morgan fingerprint density at radius 2 is 2.13 bits per heavy atom. The first-order valence-corrected chi connectivity index (χ1v) is 5.01. The summed E-state index contributed by atoms with van der Waals surface area (Å²) in [5.74, 6) is 0.0804. The maximum atomic E-state index is 13.5. The van der Waals surface area contributed by atoms with Crippen molar-refractivity contribution >= 4 is 12.0 Å². The fourth-order valence-electron chi connectivity index (χ4n) is 1.67. The highest BCUT2D eigenvalue weighted by atomic mass is 19.1. The van der Waals surface area contributed by atoms with Crippen molar-refractivity contribution in [1.82, 2.24) is 0 Å². The zero-order chi connectivity index (χ0) is 11.4. The van der Waals surface area contributed by atoms with Crippen LogP contribution in [-0.4, -0.2) is 19.9 Å². The Bertz CT molecular complexity index is 349. The summed E-state index contributed by atoms with van der Waals surface area (Å²) in [5, 5.41) is 0. The van der Waals surface area contributed by atoms with Crippen LogP contribution in [0, 0.1) is 11.7 Å². The second-order valence-electron chi connectivity index (χ2n) is 4.07. The van der Waals surface area contributed by atoms with Crippen LogP contribution in [0.3, 0.4) is 0 Å². The van der Waals surface area contributed by atoms with E-state index in [-0.39, 0.29) is 5.82 Å². The molecule has 0 radical (unpaired) electrons. The van der Waals surface area contributed by atoms with Gasteiger partial charge in [-0.2, -0.15) is 0 Å². The number of nitrogens with zero attached hydrogens (tertiary/aromatic N) is 1. The highest BCUT2D eigenvalue weighted by Gasteiger charge is 2.13. The van der Waals surface area contributed by atoms with Gasteiger partial charge in [-0.1, -0.05) is 19.9 Å². The Morgan fingerprint density at radius 1 is 1.47 bits per heavy atom. The minimum atomic E-state index is -0.345. The molecule has 0 fully saturated rings. The molecule has 0 aliphatic heterocycles. The predicted molar refractivity (Wildman–Crippen MR) is 59.9 cm³/mol. The molecule has 0 atom stereocenters. The molecular weight excluding hydrogens is 193 g/mol. The van der Waals surface area contributed by atoms with Crippen molar-refractivity contribution in [2.24, 2.45) is 5.92 Å². The first-order valence-electron chi connectivity index (χ1n) is 5.01. The van der Waals surface area contributed by atoms with Crippen molar-refractivity contribution in [1.29, 1.82) is 0 Å². The molecule has 15 heavy (non-hydrogen) atoms. The SMILES string of the molecule is CC(C)CN(C)c1c(F)cccc1C=O. The number of rotatable bonds is 4. The minimum Gasteiger partial charge on any atom is -0.371 e. The molecule has 0 saturated carbocycles. The molecule has 2 nitrogen and oxygen atoms in total. The molecule has 0 aliphatic carbocycles. The smallest absolute Gasteiger partial charge is 0.152 e. The van der Waals surface area contributed by atoms with Gasteiger partial charge in [0.2, 0.25) is 0 Å². The van der Waals surface area contributed by atoms with Crippen LogP contribution in [0.15, 0.2) is 18.2 Å². The molecule has 0 heterocycles. The zero-order valence-corrected chi connectivity index (χ0v) is 9.33. The van der Waals surface area contributed by atoms with E-state index in [1.54, 1.807) is 24.1 Å². The number of aldehydes is 1. The normalized spacial score (nSPS) is 10.5. The summed E-state index contributed by atoms with van der Waals surface area (Å²) in [7, 11) is 1.80. The summed E-state index contributed by atoms with van der Waals surface area (Å²) in [4.78, 5) is 12.6. The molecule has 1 aromatic carbocycles. The van der Waals surface area contributed by atoms with E-state index < -0.39 is 0 Å². The average molecular weight is 209 g/mol. The van der Waals surface area contributed by atoms with E-state index >= 15 is 0 Å². The van der Waals surface area contributed by atoms with Crippen LogP contribution in [-0.2, 0) is 0 Å². The Morgan fingerprint density at radius 3 is 2.67 bits per heavy atom. The Balaban J connectivity index is 3.05. The number of hydrogen-bond donors (Lipinski definition) is 0. The van der Waals surface area contributed by atoms with E-state index in [4.69, 9.17) is 0 Å². The number of carbonyl (C=O) groups excluding carboxylic acids is 1. The number of halogens is 1. The largest absolute Gasteiger partial charge is 0.371 e. The summed E-state index contributed by atoms with van der Waals surface area (Å²) >= 11 is 0. The molecule has 0 aromatic heterocycles. The van der Waals surface area contributed by atoms with Gasteiger partial charge in [0.25, 0.3) is 0 Å². The molecule has 82 valence electrons. The van der Waals surface area contributed by atoms with Gasteiger partial charge in [0.05, 0.1) is 5.69 Å². The van der Waals surface area contributed by atoms with Crippen molar-refractivity contribution in [2.75, 3.05) is 18.5 Å². The van der Waals surface area contributed by atoms with Gasteiger partial charge >= 0.3 is 0 Å². The Kier molecular flexibility index (Phi) is 3.83. The number of benzene rings is 1. The van der Waals surface area contributed by atoms with Gasteiger partial charge in [-0.05, 0) is 18.1 Å². The van der Waals surface area contributed by atoms with Crippen molar-refractivity contribution < 1.29 is 9.18 Å². The molecule has 0 aliphatic rings. The number of hydrogen-bond acceptors (Lipinski definition) is 2. The lowest BCUT2D eigenvalue weighted by molar-refractivity contribution is 0.112. The number of anilines is 1. The van der Waals surface area contributed by atoms with Crippen LogP contribution in [0.1, 0.15) is 24.2 Å². The molecule has 0 spiro atoms.